The molecule has 0 aliphatic heterocycles. The number of rotatable bonds is 9. The number of furan rings is 1. The first-order chi connectivity index (χ1) is 10.0. The summed E-state index contributed by atoms with van der Waals surface area (Å²) < 4.78 is 10.6. The molecular weight excluding hydrogens is 286 g/mol. The SMILES string of the molecule is CCOC(=O)C(C)(CC(C)SCc1ccco1)NC1CC1. The van der Waals surface area contributed by atoms with E-state index in [1.165, 1.54) is 0 Å². The van der Waals surface area contributed by atoms with Crippen LogP contribution < -0.4 is 5.32 Å². The van der Waals surface area contributed by atoms with Crippen LogP contribution >= 0.6 is 11.8 Å². The average molecular weight is 311 g/mol. The highest BCUT2D eigenvalue weighted by molar-refractivity contribution is 7.99. The van der Waals surface area contributed by atoms with Gasteiger partial charge in [-0.15, -0.1) is 0 Å². The van der Waals surface area contributed by atoms with E-state index in [9.17, 15) is 4.79 Å². The van der Waals surface area contributed by atoms with Gasteiger partial charge in [0.2, 0.25) is 0 Å². The molecule has 118 valence electrons. The van der Waals surface area contributed by atoms with Gasteiger partial charge in [0.15, 0.2) is 0 Å². The summed E-state index contributed by atoms with van der Waals surface area (Å²) in [6.07, 6.45) is 4.76. The molecule has 2 unspecified atom stereocenters. The predicted molar refractivity (Wildman–Crippen MR) is 85.3 cm³/mol. The number of nitrogens with one attached hydrogen (secondary N) is 1. The molecule has 5 heteroatoms. The van der Waals surface area contributed by atoms with Gasteiger partial charge in [-0.1, -0.05) is 6.92 Å². The highest BCUT2D eigenvalue weighted by Gasteiger charge is 2.40. The highest BCUT2D eigenvalue weighted by atomic mass is 32.2. The zero-order valence-electron chi connectivity index (χ0n) is 13.1. The Labute approximate surface area is 131 Å². The zero-order chi connectivity index (χ0) is 15.3. The van der Waals surface area contributed by atoms with E-state index in [0.29, 0.717) is 17.9 Å². The lowest BCUT2D eigenvalue weighted by atomic mass is 9.95. The van der Waals surface area contributed by atoms with Crippen LogP contribution in [-0.4, -0.2) is 29.4 Å². The third-order valence-electron chi connectivity index (χ3n) is 3.61. The summed E-state index contributed by atoms with van der Waals surface area (Å²) in [6.45, 7) is 6.39. The van der Waals surface area contributed by atoms with Crippen molar-refractivity contribution in [3.05, 3.63) is 24.2 Å². The molecular formula is C16H25NO3S. The normalized spacial score (nSPS) is 19.0. The fourth-order valence-electron chi connectivity index (χ4n) is 2.42. The minimum atomic E-state index is -0.591. The van der Waals surface area contributed by atoms with Gasteiger partial charge < -0.3 is 9.15 Å². The summed E-state index contributed by atoms with van der Waals surface area (Å²) in [6, 6.07) is 4.35. The Morgan fingerprint density at radius 2 is 2.38 bits per heavy atom. The molecule has 0 radical (unpaired) electrons. The van der Waals surface area contributed by atoms with Crippen molar-refractivity contribution in [1.82, 2.24) is 5.32 Å². The molecule has 0 aromatic carbocycles. The monoisotopic (exact) mass is 311 g/mol. The van der Waals surface area contributed by atoms with Gasteiger partial charge in [0.05, 0.1) is 18.6 Å². The molecule has 1 aliphatic rings. The Morgan fingerprint density at radius 3 is 2.95 bits per heavy atom. The van der Waals surface area contributed by atoms with E-state index in [2.05, 4.69) is 12.2 Å². The van der Waals surface area contributed by atoms with E-state index in [4.69, 9.17) is 9.15 Å². The molecule has 0 amide bonds. The molecule has 0 spiro atoms. The van der Waals surface area contributed by atoms with E-state index in [1.807, 2.05) is 26.0 Å². The van der Waals surface area contributed by atoms with Gasteiger partial charge in [0.1, 0.15) is 11.3 Å². The molecule has 1 aromatic rings. The second kappa shape index (κ2) is 7.36. The maximum absolute atomic E-state index is 12.3. The molecule has 1 aliphatic carbocycles. The van der Waals surface area contributed by atoms with Gasteiger partial charge in [-0.25, -0.2) is 0 Å². The van der Waals surface area contributed by atoms with E-state index in [0.717, 1.165) is 30.8 Å². The van der Waals surface area contributed by atoms with Gasteiger partial charge in [0, 0.05) is 11.3 Å². The fraction of sp³-hybridized carbons (Fsp3) is 0.688. The quantitative estimate of drug-likeness (QED) is 0.709. The van der Waals surface area contributed by atoms with Crippen molar-refractivity contribution in [2.75, 3.05) is 6.61 Å². The van der Waals surface area contributed by atoms with Gasteiger partial charge in [-0.3, -0.25) is 10.1 Å². The fourth-order valence-corrected chi connectivity index (χ4v) is 3.49. The van der Waals surface area contributed by atoms with Crippen molar-refractivity contribution in [3.8, 4) is 0 Å². The van der Waals surface area contributed by atoms with Crippen molar-refractivity contribution in [2.24, 2.45) is 0 Å². The summed E-state index contributed by atoms with van der Waals surface area (Å²) in [4.78, 5) is 12.3. The largest absolute Gasteiger partial charge is 0.468 e. The number of ether oxygens (including phenoxy) is 1. The van der Waals surface area contributed by atoms with Gasteiger partial charge in [-0.2, -0.15) is 11.8 Å². The molecule has 0 saturated heterocycles. The predicted octanol–water partition coefficient (Wildman–Crippen LogP) is 3.37. The minimum absolute atomic E-state index is 0.137. The molecule has 2 rings (SSSR count). The van der Waals surface area contributed by atoms with Crippen LogP contribution in [0.1, 0.15) is 45.8 Å². The molecule has 1 N–H and O–H groups in total. The Kier molecular flexibility index (Phi) is 5.76. The van der Waals surface area contributed by atoms with Crippen molar-refractivity contribution in [1.29, 1.82) is 0 Å². The first-order valence-corrected chi connectivity index (χ1v) is 8.67. The molecule has 1 heterocycles. The lowest BCUT2D eigenvalue weighted by Gasteiger charge is -2.31. The first kappa shape index (κ1) is 16.4. The van der Waals surface area contributed by atoms with Crippen molar-refractivity contribution < 1.29 is 13.9 Å². The Morgan fingerprint density at radius 1 is 1.62 bits per heavy atom. The maximum atomic E-state index is 12.3. The van der Waals surface area contributed by atoms with E-state index in [1.54, 1.807) is 18.0 Å². The summed E-state index contributed by atoms with van der Waals surface area (Å²) in [7, 11) is 0. The second-order valence-electron chi connectivity index (χ2n) is 5.88. The number of carbonyl (C=O) groups is 1. The highest BCUT2D eigenvalue weighted by Crippen LogP contribution is 2.30. The van der Waals surface area contributed by atoms with Crippen LogP contribution in [0.3, 0.4) is 0 Å². The van der Waals surface area contributed by atoms with Gasteiger partial charge in [-0.05, 0) is 45.2 Å². The van der Waals surface area contributed by atoms with Crippen LogP contribution in [-0.2, 0) is 15.3 Å². The van der Waals surface area contributed by atoms with Crippen LogP contribution in [0.25, 0.3) is 0 Å². The molecule has 4 nitrogen and oxygen atoms in total. The number of hydrogen-bond acceptors (Lipinski definition) is 5. The van der Waals surface area contributed by atoms with Crippen molar-refractivity contribution in [3.63, 3.8) is 0 Å². The van der Waals surface area contributed by atoms with Crippen molar-refractivity contribution in [2.45, 2.75) is 62.6 Å². The van der Waals surface area contributed by atoms with Crippen LogP contribution in [0.2, 0.25) is 0 Å². The molecule has 0 bridgehead atoms. The zero-order valence-corrected chi connectivity index (χ0v) is 13.9. The van der Waals surface area contributed by atoms with Crippen LogP contribution in [0.15, 0.2) is 22.8 Å². The molecule has 1 fully saturated rings. The third-order valence-corrected chi connectivity index (χ3v) is 4.80. The second-order valence-corrected chi connectivity index (χ2v) is 7.30. The van der Waals surface area contributed by atoms with Gasteiger partial charge in [0.25, 0.3) is 0 Å². The smallest absolute Gasteiger partial charge is 0.326 e. The third kappa shape index (κ3) is 5.08. The first-order valence-electron chi connectivity index (χ1n) is 7.62. The number of thioether (sulfide) groups is 1. The summed E-state index contributed by atoms with van der Waals surface area (Å²) in [5, 5.41) is 3.81. The number of hydrogen-bond donors (Lipinski definition) is 1. The molecule has 2 atom stereocenters. The molecule has 21 heavy (non-hydrogen) atoms. The lowest BCUT2D eigenvalue weighted by molar-refractivity contribution is -0.150. The number of esters is 1. The van der Waals surface area contributed by atoms with Crippen LogP contribution in [0.4, 0.5) is 0 Å². The topological polar surface area (TPSA) is 51.5 Å². The van der Waals surface area contributed by atoms with Gasteiger partial charge >= 0.3 is 5.97 Å². The van der Waals surface area contributed by atoms with Crippen LogP contribution in [0, 0.1) is 0 Å². The van der Waals surface area contributed by atoms with Crippen LogP contribution in [0.5, 0.6) is 0 Å². The summed E-state index contributed by atoms with van der Waals surface area (Å²) >= 11 is 1.80. The van der Waals surface area contributed by atoms with E-state index >= 15 is 0 Å². The standard InChI is InChI=1S/C16H25NO3S/c1-4-19-15(18)16(3,17-13-7-8-13)10-12(2)21-11-14-6-5-9-20-14/h5-6,9,12-13,17H,4,7-8,10-11H2,1-3H3. The number of carbonyl (C=O) groups excluding carboxylic acids is 1. The Balaban J connectivity index is 1.88. The Bertz CT molecular complexity index is 444. The Hall–Kier alpha value is -0.940. The molecule has 1 aromatic heterocycles. The minimum Gasteiger partial charge on any atom is -0.468 e. The maximum Gasteiger partial charge on any atom is 0.326 e. The lowest BCUT2D eigenvalue weighted by Crippen LogP contribution is -2.52. The summed E-state index contributed by atoms with van der Waals surface area (Å²) in [5.74, 6) is 1.67. The summed E-state index contributed by atoms with van der Waals surface area (Å²) in [5.41, 5.74) is -0.591. The van der Waals surface area contributed by atoms with Crippen molar-refractivity contribution >= 4 is 17.7 Å². The molecule has 1 saturated carbocycles. The van der Waals surface area contributed by atoms with E-state index < -0.39 is 5.54 Å². The van der Waals surface area contributed by atoms with E-state index in [-0.39, 0.29) is 5.97 Å². The average Bonchev–Trinajstić information content (AvgIpc) is 3.07.